The van der Waals surface area contributed by atoms with Crippen molar-refractivity contribution in [2.75, 3.05) is 19.0 Å². The number of thiazole rings is 1. The predicted octanol–water partition coefficient (Wildman–Crippen LogP) is 4.33. The molecule has 15 nitrogen and oxygen atoms in total. The van der Waals surface area contributed by atoms with Gasteiger partial charge < -0.3 is 40.2 Å². The summed E-state index contributed by atoms with van der Waals surface area (Å²) in [6.07, 6.45) is 3.28. The number of ether oxygens (including phenoxy) is 3. The lowest BCUT2D eigenvalue weighted by Gasteiger charge is -2.35. The van der Waals surface area contributed by atoms with Gasteiger partial charge in [-0.15, -0.1) is 17.9 Å². The first kappa shape index (κ1) is 41.4. The van der Waals surface area contributed by atoms with Crippen LogP contribution in [0.3, 0.4) is 0 Å². The van der Waals surface area contributed by atoms with Crippen molar-refractivity contribution in [2.45, 2.75) is 103 Å². The number of methoxy groups -OCH3 is 1. The molecule has 0 bridgehead atoms. The predicted molar refractivity (Wildman–Crippen MR) is 215 cm³/mol. The van der Waals surface area contributed by atoms with Gasteiger partial charge in [0.05, 0.1) is 24.9 Å². The summed E-state index contributed by atoms with van der Waals surface area (Å²) in [5, 5.41) is 21.0. The van der Waals surface area contributed by atoms with Crippen molar-refractivity contribution >= 4 is 70.5 Å². The van der Waals surface area contributed by atoms with Gasteiger partial charge in [0.2, 0.25) is 17.7 Å². The number of amides is 4. The molecule has 3 fully saturated rings. The zero-order chi connectivity index (χ0) is 41.4. The average Bonchev–Trinajstić information content (AvgIpc) is 3.57. The Morgan fingerprint density at radius 1 is 1.09 bits per heavy atom. The molecule has 57 heavy (non-hydrogen) atoms. The minimum atomic E-state index is -1.55. The number of carbonyl (C=O) groups is 5. The number of rotatable bonds is 13. The Morgan fingerprint density at radius 3 is 2.42 bits per heavy atom. The van der Waals surface area contributed by atoms with Crippen LogP contribution in [0.1, 0.15) is 73.1 Å². The first-order valence-corrected chi connectivity index (χ1v) is 20.0. The Hall–Kier alpha value is -5.19. The smallest absolute Gasteiger partial charge is 0.408 e. The minimum Gasteiger partial charge on any atom is -0.497 e. The first-order chi connectivity index (χ1) is 26.9. The van der Waals surface area contributed by atoms with E-state index in [0.717, 1.165) is 25.7 Å². The van der Waals surface area contributed by atoms with Crippen LogP contribution in [0.15, 0.2) is 36.2 Å². The largest absolute Gasteiger partial charge is 0.497 e. The van der Waals surface area contributed by atoms with Crippen LogP contribution in [-0.4, -0.2) is 101 Å². The molecular formula is C40H49BN6O9S. The normalized spacial score (nSPS) is 22.5. The van der Waals surface area contributed by atoms with E-state index in [-0.39, 0.29) is 42.8 Å². The molecule has 6 rings (SSSR count). The number of carbonyl (C=O) groups excluding carboxylic acids is 4. The maximum Gasteiger partial charge on any atom is 0.408 e. The monoisotopic (exact) mass is 800 g/mol. The molecule has 2 aromatic heterocycles. The Labute approximate surface area is 336 Å². The van der Waals surface area contributed by atoms with Crippen molar-refractivity contribution in [1.82, 2.24) is 25.5 Å². The lowest BCUT2D eigenvalue weighted by atomic mass is 9.85. The molecule has 4 N–H and O–H groups in total. The summed E-state index contributed by atoms with van der Waals surface area (Å²) in [5.41, 5.74) is -0.941. The Balaban J connectivity index is 1.34. The highest BCUT2D eigenvalue weighted by Crippen LogP contribution is 2.45. The average molecular weight is 801 g/mol. The molecule has 2 radical (unpaired) electrons. The zero-order valence-electron chi connectivity index (χ0n) is 33.0. The molecule has 302 valence electrons. The fourth-order valence-corrected chi connectivity index (χ4v) is 8.07. The van der Waals surface area contributed by atoms with Crippen LogP contribution in [-0.2, 0) is 23.9 Å². The van der Waals surface area contributed by atoms with Gasteiger partial charge in [0.1, 0.15) is 54.9 Å². The van der Waals surface area contributed by atoms with Crippen molar-refractivity contribution in [2.24, 2.45) is 17.3 Å². The third-order valence-corrected chi connectivity index (χ3v) is 11.6. The number of carboxylic acids is 1. The maximum absolute atomic E-state index is 14.6. The van der Waals surface area contributed by atoms with E-state index in [9.17, 15) is 29.1 Å². The van der Waals surface area contributed by atoms with Crippen LogP contribution in [0.25, 0.3) is 22.3 Å². The van der Waals surface area contributed by atoms with Crippen LogP contribution in [0.2, 0.25) is 0 Å². The molecule has 3 heterocycles. The van der Waals surface area contributed by atoms with Crippen LogP contribution in [0.5, 0.6) is 11.5 Å². The minimum absolute atomic E-state index is 0.0116. The SMILES string of the molecule is [B]c1c(OC)ccc2c(O[C@@H]3C[C@@H](C(=O)N[C@]4(C(=O)O)C[C@H]4C=C)N(C(=O)[C@@H](NC(=O)OC4CCCC4)C(C)(C)C)C3)cc(-c3csc(NC(=O)C(C)C)n3)nc12. The van der Waals surface area contributed by atoms with Crippen molar-refractivity contribution in [3.63, 3.8) is 0 Å². The van der Waals surface area contributed by atoms with Gasteiger partial charge in [-0.1, -0.05) is 40.7 Å². The van der Waals surface area contributed by atoms with E-state index in [0.29, 0.717) is 38.9 Å². The van der Waals surface area contributed by atoms with Gasteiger partial charge in [-0.25, -0.2) is 19.6 Å². The van der Waals surface area contributed by atoms with Gasteiger partial charge in [0.15, 0.2) is 5.13 Å². The van der Waals surface area contributed by atoms with Crippen molar-refractivity contribution in [3.8, 4) is 22.9 Å². The molecule has 17 heteroatoms. The lowest BCUT2D eigenvalue weighted by Crippen LogP contribution is -2.59. The van der Waals surface area contributed by atoms with Gasteiger partial charge in [0, 0.05) is 35.1 Å². The van der Waals surface area contributed by atoms with Crippen LogP contribution < -0.4 is 30.9 Å². The Bertz CT molecular complexity index is 2080. The highest BCUT2D eigenvalue weighted by molar-refractivity contribution is 7.14. The molecule has 3 aromatic rings. The molecule has 4 amide bonds. The van der Waals surface area contributed by atoms with Crippen LogP contribution >= 0.6 is 11.3 Å². The second-order valence-corrected chi connectivity index (χ2v) is 17.2. The van der Waals surface area contributed by atoms with E-state index in [4.69, 9.17) is 27.0 Å². The summed E-state index contributed by atoms with van der Waals surface area (Å²) >= 11 is 1.23. The second-order valence-electron chi connectivity index (χ2n) is 16.3. The molecule has 1 saturated heterocycles. The molecule has 0 spiro atoms. The summed E-state index contributed by atoms with van der Waals surface area (Å²) < 4.78 is 17.8. The van der Waals surface area contributed by atoms with E-state index >= 15 is 0 Å². The standard InChI is InChI=1S/C40H49BN6O9S/c1-8-21-17-40(21,36(51)52)46-34(49)27-15-23(18-47(27)35(50)32(39(4,5)6)44-38(53)56-22-11-9-10-12-22)55-29-16-25(26-19-57-37(43-26)45-33(48)20(2)3)42-31-24(29)13-14-28(54-7)30(31)41/h8,13-14,16,19-23,27,32H,1,9-12,15,17-18H2,2-7H3,(H,44,53)(H,46,49)(H,51,52)(H,43,45,48)/t21-,23-,27+,32-,40-/m1/s1. The number of benzene rings is 1. The number of nitrogens with zero attached hydrogens (tertiary/aromatic N) is 3. The van der Waals surface area contributed by atoms with E-state index in [1.807, 2.05) is 0 Å². The van der Waals surface area contributed by atoms with Gasteiger partial charge in [-0.2, -0.15) is 0 Å². The van der Waals surface area contributed by atoms with Crippen LogP contribution in [0.4, 0.5) is 9.93 Å². The highest BCUT2D eigenvalue weighted by Gasteiger charge is 2.61. The number of carboxylic acid groups (broad SMARTS) is 1. The second kappa shape index (κ2) is 16.4. The number of nitrogens with one attached hydrogen (secondary N) is 3. The van der Waals surface area contributed by atoms with Gasteiger partial charge >= 0.3 is 12.1 Å². The summed E-state index contributed by atoms with van der Waals surface area (Å²) in [4.78, 5) is 77.4. The van der Waals surface area contributed by atoms with Crippen LogP contribution in [0, 0.1) is 17.3 Å². The molecule has 2 aliphatic carbocycles. The zero-order valence-corrected chi connectivity index (χ0v) is 33.9. The van der Waals surface area contributed by atoms with E-state index in [2.05, 4.69) is 27.5 Å². The maximum atomic E-state index is 14.6. The third-order valence-electron chi connectivity index (χ3n) is 10.8. The summed E-state index contributed by atoms with van der Waals surface area (Å²) in [5.74, 6) is -2.65. The van der Waals surface area contributed by atoms with Crippen molar-refractivity contribution in [3.05, 3.63) is 36.2 Å². The number of aromatic nitrogens is 2. The van der Waals surface area contributed by atoms with E-state index in [1.54, 1.807) is 58.2 Å². The first-order valence-electron chi connectivity index (χ1n) is 19.1. The van der Waals surface area contributed by atoms with Crippen molar-refractivity contribution < 1.29 is 43.3 Å². The summed E-state index contributed by atoms with van der Waals surface area (Å²) in [7, 11) is 8.02. The molecule has 1 aromatic carbocycles. The fourth-order valence-electron chi connectivity index (χ4n) is 7.37. The number of anilines is 1. The van der Waals surface area contributed by atoms with Crippen molar-refractivity contribution in [1.29, 1.82) is 0 Å². The Morgan fingerprint density at radius 2 is 1.81 bits per heavy atom. The summed E-state index contributed by atoms with van der Waals surface area (Å²) in [6.45, 7) is 12.6. The van der Waals surface area contributed by atoms with Gasteiger partial charge in [-0.3, -0.25) is 14.4 Å². The molecule has 5 atom stereocenters. The quantitative estimate of drug-likeness (QED) is 0.142. The molecule has 3 aliphatic rings. The Kier molecular flexibility index (Phi) is 11.9. The highest BCUT2D eigenvalue weighted by atomic mass is 32.1. The fraction of sp³-hybridized carbons (Fsp3) is 0.525. The topological polar surface area (TPSA) is 198 Å². The number of hydrogen-bond acceptors (Lipinski definition) is 11. The molecule has 1 aliphatic heterocycles. The third kappa shape index (κ3) is 8.72. The molecular weight excluding hydrogens is 751 g/mol. The number of aliphatic carboxylic acids is 1. The van der Waals surface area contributed by atoms with Gasteiger partial charge in [-0.05, 0) is 55.1 Å². The number of alkyl carbamates (subject to hydrolysis) is 1. The number of likely N-dealkylation sites (tertiary alicyclic amines) is 1. The number of fused-ring (bicyclic) bond motifs is 1. The number of pyridine rings is 1. The van der Waals surface area contributed by atoms with E-state index in [1.165, 1.54) is 29.4 Å². The van der Waals surface area contributed by atoms with Gasteiger partial charge in [0.25, 0.3) is 0 Å². The summed E-state index contributed by atoms with van der Waals surface area (Å²) in [6, 6.07) is 2.82. The lowest BCUT2D eigenvalue weighted by molar-refractivity contribution is -0.146. The number of hydrogen-bond donors (Lipinski definition) is 4. The molecule has 2 saturated carbocycles. The molecule has 0 unspecified atom stereocenters. The van der Waals surface area contributed by atoms with E-state index < -0.39 is 58.9 Å².